The molecule has 0 saturated heterocycles. The molecule has 0 radical (unpaired) electrons. The van der Waals surface area contributed by atoms with Crippen molar-refractivity contribution in [2.24, 2.45) is 0 Å². The molecule has 29 heavy (non-hydrogen) atoms. The van der Waals surface area contributed by atoms with Gasteiger partial charge in [-0.05, 0) is 54.3 Å². The lowest BCUT2D eigenvalue weighted by Crippen LogP contribution is -2.19. The number of allylic oxidation sites excluding steroid dienone is 1. The lowest BCUT2D eigenvalue weighted by molar-refractivity contribution is -0.275. The average Bonchev–Trinajstić information content (AvgIpc) is 2.62. The minimum atomic E-state index is -5.06. The highest BCUT2D eigenvalue weighted by Crippen LogP contribution is 2.38. The summed E-state index contributed by atoms with van der Waals surface area (Å²) in [6, 6.07) is 14.0. The molecule has 0 bridgehead atoms. The van der Waals surface area contributed by atoms with Crippen LogP contribution in [0.15, 0.2) is 61.2 Å². The van der Waals surface area contributed by atoms with Crippen molar-refractivity contribution in [1.29, 1.82) is 0 Å². The Morgan fingerprint density at radius 2 is 1.41 bits per heavy atom. The van der Waals surface area contributed by atoms with Crippen LogP contribution in [-0.2, 0) is 0 Å². The van der Waals surface area contributed by atoms with E-state index in [1.165, 1.54) is 25.1 Å². The quantitative estimate of drug-likeness (QED) is 0.408. The largest absolute Gasteiger partial charge is 0.573 e. The van der Waals surface area contributed by atoms with Crippen LogP contribution in [0.25, 0.3) is 27.8 Å². The highest BCUT2D eigenvalue weighted by molar-refractivity contribution is 5.77. The number of alkyl halides is 3. The number of hydrogen-bond donors (Lipinski definition) is 0. The van der Waals surface area contributed by atoms with Gasteiger partial charge >= 0.3 is 6.36 Å². The van der Waals surface area contributed by atoms with E-state index in [2.05, 4.69) is 11.3 Å². The predicted octanol–water partition coefficient (Wildman–Crippen LogP) is 7.54. The lowest BCUT2D eigenvalue weighted by atomic mass is 9.96. The summed E-state index contributed by atoms with van der Waals surface area (Å²) in [6.07, 6.45) is -5.06. The summed E-state index contributed by atoms with van der Waals surface area (Å²) in [4.78, 5) is 0. The first-order valence-corrected chi connectivity index (χ1v) is 8.67. The van der Waals surface area contributed by atoms with Crippen molar-refractivity contribution in [1.82, 2.24) is 0 Å². The van der Waals surface area contributed by atoms with Gasteiger partial charge in [0.25, 0.3) is 0 Å². The first kappa shape index (κ1) is 20.6. The molecule has 3 aromatic carbocycles. The van der Waals surface area contributed by atoms with Crippen LogP contribution in [-0.4, -0.2) is 6.36 Å². The third kappa shape index (κ3) is 4.65. The van der Waals surface area contributed by atoms with E-state index in [1.54, 1.807) is 6.07 Å². The van der Waals surface area contributed by atoms with Gasteiger partial charge in [-0.2, -0.15) is 0 Å². The molecule has 3 aromatic rings. The molecule has 0 atom stereocenters. The first-order chi connectivity index (χ1) is 13.5. The summed E-state index contributed by atoms with van der Waals surface area (Å²) in [5.41, 5.74) is 2.62. The van der Waals surface area contributed by atoms with E-state index in [0.717, 1.165) is 17.2 Å². The van der Waals surface area contributed by atoms with Gasteiger partial charge in [-0.15, -0.1) is 13.2 Å². The van der Waals surface area contributed by atoms with E-state index in [-0.39, 0.29) is 22.3 Å². The molecule has 0 aliphatic heterocycles. The standard InChI is InChI=1S/C23H17F5O/c1-13(2)19-10-17(12-21(25)22(19)29-23(26,27)28)18-9-8-16(11-20(18)24)15-6-4-14(3)5-7-15/h4-12H,1H2,2-3H3. The van der Waals surface area contributed by atoms with Crippen LogP contribution < -0.4 is 4.74 Å². The molecule has 0 saturated carbocycles. The Balaban J connectivity index is 2.06. The van der Waals surface area contributed by atoms with Crippen molar-refractivity contribution < 1.29 is 26.7 Å². The zero-order valence-corrected chi connectivity index (χ0v) is 15.7. The van der Waals surface area contributed by atoms with Crippen molar-refractivity contribution in [3.8, 4) is 28.0 Å². The average molecular weight is 404 g/mol. The van der Waals surface area contributed by atoms with E-state index in [1.807, 2.05) is 31.2 Å². The number of halogens is 5. The molecule has 6 heteroatoms. The van der Waals surface area contributed by atoms with Crippen LogP contribution in [0.2, 0.25) is 0 Å². The number of hydrogen-bond acceptors (Lipinski definition) is 1. The minimum absolute atomic E-state index is 0.0563. The molecular formula is C23H17F5O. The third-order valence-corrected chi connectivity index (χ3v) is 4.39. The first-order valence-electron chi connectivity index (χ1n) is 8.67. The number of rotatable bonds is 4. The maximum atomic E-state index is 14.8. The van der Waals surface area contributed by atoms with Gasteiger partial charge in [0.1, 0.15) is 5.82 Å². The van der Waals surface area contributed by atoms with Crippen molar-refractivity contribution in [2.45, 2.75) is 20.2 Å². The molecule has 0 heterocycles. The molecule has 1 nitrogen and oxygen atoms in total. The van der Waals surface area contributed by atoms with Crippen LogP contribution in [0.5, 0.6) is 5.75 Å². The second-order valence-corrected chi connectivity index (χ2v) is 6.72. The summed E-state index contributed by atoms with van der Waals surface area (Å²) >= 11 is 0. The Bertz CT molecular complexity index is 1070. The van der Waals surface area contributed by atoms with E-state index >= 15 is 0 Å². The number of benzene rings is 3. The highest BCUT2D eigenvalue weighted by Gasteiger charge is 2.34. The second kappa shape index (κ2) is 7.70. The van der Waals surface area contributed by atoms with Gasteiger partial charge in [0.15, 0.2) is 11.6 Å². The summed E-state index contributed by atoms with van der Waals surface area (Å²) in [6.45, 7) is 6.92. The van der Waals surface area contributed by atoms with E-state index in [9.17, 15) is 22.0 Å². The van der Waals surface area contributed by atoms with Gasteiger partial charge in [-0.1, -0.05) is 48.5 Å². The van der Waals surface area contributed by atoms with E-state index in [0.29, 0.717) is 5.56 Å². The van der Waals surface area contributed by atoms with Crippen molar-refractivity contribution in [3.63, 3.8) is 0 Å². The van der Waals surface area contributed by atoms with Gasteiger partial charge in [0.05, 0.1) is 0 Å². The summed E-state index contributed by atoms with van der Waals surface area (Å²) in [5.74, 6) is -2.86. The van der Waals surface area contributed by atoms with Gasteiger partial charge in [-0.25, -0.2) is 8.78 Å². The number of aryl methyl sites for hydroxylation is 1. The highest BCUT2D eigenvalue weighted by atomic mass is 19.4. The minimum Gasteiger partial charge on any atom is -0.402 e. The zero-order chi connectivity index (χ0) is 21.3. The monoisotopic (exact) mass is 404 g/mol. The third-order valence-electron chi connectivity index (χ3n) is 4.39. The van der Waals surface area contributed by atoms with Gasteiger partial charge in [0, 0.05) is 11.1 Å². The SMILES string of the molecule is C=C(C)c1cc(-c2ccc(-c3ccc(C)cc3)cc2F)cc(F)c1OC(F)(F)F. The summed E-state index contributed by atoms with van der Waals surface area (Å²) in [5, 5.41) is 0. The van der Waals surface area contributed by atoms with Gasteiger partial charge < -0.3 is 4.74 Å². The van der Waals surface area contributed by atoms with E-state index < -0.39 is 23.7 Å². The molecule has 0 fully saturated rings. The molecule has 0 N–H and O–H groups in total. The Labute approximate surface area is 165 Å². The Kier molecular flexibility index (Phi) is 5.46. The fourth-order valence-corrected chi connectivity index (χ4v) is 2.96. The molecular weight excluding hydrogens is 387 g/mol. The summed E-state index contributed by atoms with van der Waals surface area (Å²) in [7, 11) is 0. The zero-order valence-electron chi connectivity index (χ0n) is 15.7. The van der Waals surface area contributed by atoms with E-state index in [4.69, 9.17) is 0 Å². The predicted molar refractivity (Wildman–Crippen MR) is 103 cm³/mol. The molecule has 0 amide bonds. The normalized spacial score (nSPS) is 11.4. The van der Waals surface area contributed by atoms with Gasteiger partial charge in [0.2, 0.25) is 0 Å². The molecule has 0 aliphatic rings. The van der Waals surface area contributed by atoms with Crippen LogP contribution >= 0.6 is 0 Å². The molecule has 150 valence electrons. The molecule has 0 spiro atoms. The fourth-order valence-electron chi connectivity index (χ4n) is 2.96. The van der Waals surface area contributed by atoms with Crippen LogP contribution in [0.1, 0.15) is 18.1 Å². The molecule has 0 aliphatic carbocycles. The summed E-state index contributed by atoms with van der Waals surface area (Å²) < 4.78 is 70.8. The van der Waals surface area contributed by atoms with Crippen molar-refractivity contribution in [3.05, 3.63) is 83.9 Å². The number of ether oxygens (including phenoxy) is 1. The molecule has 0 unspecified atom stereocenters. The smallest absolute Gasteiger partial charge is 0.402 e. The second-order valence-electron chi connectivity index (χ2n) is 6.72. The molecule has 0 aromatic heterocycles. The van der Waals surface area contributed by atoms with Crippen molar-refractivity contribution in [2.75, 3.05) is 0 Å². The topological polar surface area (TPSA) is 9.23 Å². The maximum Gasteiger partial charge on any atom is 0.573 e. The Morgan fingerprint density at radius 3 is 1.97 bits per heavy atom. The fraction of sp³-hybridized carbons (Fsp3) is 0.130. The Hall–Kier alpha value is -3.15. The molecule has 3 rings (SSSR count). The Morgan fingerprint density at radius 1 is 0.828 bits per heavy atom. The van der Waals surface area contributed by atoms with Crippen LogP contribution in [0.3, 0.4) is 0 Å². The van der Waals surface area contributed by atoms with Crippen LogP contribution in [0, 0.1) is 18.6 Å². The van der Waals surface area contributed by atoms with Gasteiger partial charge in [-0.3, -0.25) is 0 Å². The van der Waals surface area contributed by atoms with Crippen molar-refractivity contribution >= 4 is 5.57 Å². The maximum absolute atomic E-state index is 14.8. The van der Waals surface area contributed by atoms with Crippen LogP contribution in [0.4, 0.5) is 22.0 Å². The lowest BCUT2D eigenvalue weighted by Gasteiger charge is -2.16.